The standard InChI is InChI=1S/C29H38O7/c1-17(10-8-12-24(31)32)9-7-11-19(3)27(33)20(4)28(34)36-23-16-18(2)15-22-13-14-29(6,35)26(21(5)30)25(22)23/h7-15,18,20,23,25-27,33,35H,16H2,1-6H3,(H,31,32)/b9-7+,12-8+,17-10+,19-11+/t18-,20+,23+,25+,26-,27+,29-/m1/s1. The molecule has 0 aromatic rings. The van der Waals surface area contributed by atoms with E-state index < -0.39 is 47.5 Å². The van der Waals surface area contributed by atoms with Crippen molar-refractivity contribution >= 4 is 17.7 Å². The fraction of sp³-hybridized carbons (Fsp3) is 0.483. The first-order valence-corrected chi connectivity index (χ1v) is 12.2. The number of rotatable bonds is 9. The fourth-order valence-corrected chi connectivity index (χ4v) is 4.89. The van der Waals surface area contributed by atoms with Gasteiger partial charge in [0.2, 0.25) is 0 Å². The molecule has 7 heteroatoms. The summed E-state index contributed by atoms with van der Waals surface area (Å²) in [4.78, 5) is 36.1. The Kier molecular flexibility index (Phi) is 9.96. The van der Waals surface area contributed by atoms with Gasteiger partial charge in [-0.15, -0.1) is 0 Å². The van der Waals surface area contributed by atoms with E-state index in [4.69, 9.17) is 9.84 Å². The predicted octanol–water partition coefficient (Wildman–Crippen LogP) is 4.09. The van der Waals surface area contributed by atoms with E-state index in [0.717, 1.165) is 17.2 Å². The maximum atomic E-state index is 13.1. The largest absolute Gasteiger partial charge is 0.478 e. The molecule has 196 valence electrons. The van der Waals surface area contributed by atoms with Gasteiger partial charge in [-0.05, 0) is 58.1 Å². The summed E-state index contributed by atoms with van der Waals surface area (Å²) in [6, 6.07) is 0. The minimum absolute atomic E-state index is 0.128. The van der Waals surface area contributed by atoms with Crippen molar-refractivity contribution in [1.29, 1.82) is 0 Å². The first-order valence-electron chi connectivity index (χ1n) is 12.2. The number of aliphatic hydroxyl groups excluding tert-OH is 1. The van der Waals surface area contributed by atoms with Crippen molar-refractivity contribution in [2.75, 3.05) is 0 Å². The van der Waals surface area contributed by atoms with Crippen molar-refractivity contribution in [1.82, 2.24) is 0 Å². The van der Waals surface area contributed by atoms with E-state index in [1.54, 1.807) is 51.2 Å². The molecule has 7 atom stereocenters. The Bertz CT molecular complexity index is 1040. The second-order valence-electron chi connectivity index (χ2n) is 10.1. The number of Topliss-reactive ketones (excluding diaryl/α,β-unsaturated/α-hetero) is 1. The molecule has 0 fully saturated rings. The van der Waals surface area contributed by atoms with E-state index in [1.165, 1.54) is 13.0 Å². The number of aliphatic carboxylic acids is 1. The molecule has 0 aromatic heterocycles. The number of hydrogen-bond donors (Lipinski definition) is 3. The van der Waals surface area contributed by atoms with Gasteiger partial charge in [0.15, 0.2) is 0 Å². The van der Waals surface area contributed by atoms with E-state index >= 15 is 0 Å². The van der Waals surface area contributed by atoms with E-state index in [0.29, 0.717) is 12.0 Å². The summed E-state index contributed by atoms with van der Waals surface area (Å²) in [6.07, 6.45) is 13.6. The van der Waals surface area contributed by atoms with Gasteiger partial charge in [-0.2, -0.15) is 0 Å². The van der Waals surface area contributed by atoms with E-state index in [-0.39, 0.29) is 11.7 Å². The SMILES string of the molecule is CC(=O)[C@@H]1[C@H]2C(=C[C@@H](C)C[C@@H]2OC(=O)[C@@H](C)[C@@H](O)/C(C)=C/C=C/C(C)=C/C=C/C(=O)O)C=C[C@@]1(C)O. The Morgan fingerprint density at radius 2 is 1.78 bits per heavy atom. The van der Waals surface area contributed by atoms with E-state index in [9.17, 15) is 24.6 Å². The summed E-state index contributed by atoms with van der Waals surface area (Å²) < 4.78 is 5.90. The smallest absolute Gasteiger partial charge is 0.328 e. The molecule has 0 amide bonds. The molecule has 2 rings (SSSR count). The zero-order valence-corrected chi connectivity index (χ0v) is 21.8. The molecule has 2 aliphatic carbocycles. The molecular formula is C29H38O7. The van der Waals surface area contributed by atoms with Crippen LogP contribution in [0.3, 0.4) is 0 Å². The maximum Gasteiger partial charge on any atom is 0.328 e. The third-order valence-electron chi connectivity index (χ3n) is 6.80. The van der Waals surface area contributed by atoms with Crippen LogP contribution in [0.2, 0.25) is 0 Å². The second-order valence-corrected chi connectivity index (χ2v) is 10.1. The zero-order valence-electron chi connectivity index (χ0n) is 21.8. The fourth-order valence-electron chi connectivity index (χ4n) is 4.89. The van der Waals surface area contributed by atoms with Crippen LogP contribution in [0, 0.1) is 23.7 Å². The van der Waals surface area contributed by atoms with Crippen molar-refractivity contribution < 1.29 is 34.4 Å². The third-order valence-corrected chi connectivity index (χ3v) is 6.80. The lowest BCUT2D eigenvalue weighted by Gasteiger charge is -2.45. The topological polar surface area (TPSA) is 121 Å². The molecule has 0 aromatic carbocycles. The van der Waals surface area contributed by atoms with Crippen LogP contribution < -0.4 is 0 Å². The van der Waals surface area contributed by atoms with Gasteiger partial charge < -0.3 is 20.1 Å². The normalized spacial score (nSPS) is 30.6. The number of allylic oxidation sites excluding steroid dienone is 8. The molecule has 0 heterocycles. The monoisotopic (exact) mass is 498 g/mol. The quantitative estimate of drug-likeness (QED) is 0.249. The summed E-state index contributed by atoms with van der Waals surface area (Å²) in [7, 11) is 0. The molecule has 0 aliphatic heterocycles. The summed E-state index contributed by atoms with van der Waals surface area (Å²) in [6.45, 7) is 10.2. The van der Waals surface area contributed by atoms with E-state index in [2.05, 4.69) is 6.08 Å². The van der Waals surface area contributed by atoms with Gasteiger partial charge in [-0.3, -0.25) is 9.59 Å². The van der Waals surface area contributed by atoms with Crippen LogP contribution in [-0.2, 0) is 19.1 Å². The number of esters is 1. The highest BCUT2D eigenvalue weighted by atomic mass is 16.5. The van der Waals surface area contributed by atoms with Crippen LogP contribution in [0.5, 0.6) is 0 Å². The highest BCUT2D eigenvalue weighted by Crippen LogP contribution is 2.45. The van der Waals surface area contributed by atoms with Crippen molar-refractivity contribution in [3.05, 3.63) is 71.4 Å². The van der Waals surface area contributed by atoms with Gasteiger partial charge in [0.25, 0.3) is 0 Å². The molecule has 0 bridgehead atoms. The first kappa shape index (κ1) is 29.2. The van der Waals surface area contributed by atoms with Crippen molar-refractivity contribution in [3.8, 4) is 0 Å². The molecule has 2 aliphatic rings. The number of carboxylic acids is 1. The van der Waals surface area contributed by atoms with Gasteiger partial charge in [-0.25, -0.2) is 4.79 Å². The lowest BCUT2D eigenvalue weighted by molar-refractivity contribution is -0.164. The number of ketones is 1. The molecule has 3 N–H and O–H groups in total. The number of aliphatic hydroxyl groups is 2. The summed E-state index contributed by atoms with van der Waals surface area (Å²) in [5, 5.41) is 30.2. The van der Waals surface area contributed by atoms with Gasteiger partial charge in [0.05, 0.1) is 23.5 Å². The molecule has 0 radical (unpaired) electrons. The number of hydrogen-bond acceptors (Lipinski definition) is 6. The predicted molar refractivity (Wildman–Crippen MR) is 138 cm³/mol. The van der Waals surface area contributed by atoms with Crippen LogP contribution in [0.25, 0.3) is 0 Å². The molecule has 0 unspecified atom stereocenters. The van der Waals surface area contributed by atoms with Crippen LogP contribution in [0.1, 0.15) is 48.0 Å². The number of carbonyl (C=O) groups is 3. The average molecular weight is 499 g/mol. The van der Waals surface area contributed by atoms with Crippen LogP contribution in [-0.4, -0.2) is 50.9 Å². The minimum Gasteiger partial charge on any atom is -0.478 e. The molecule has 36 heavy (non-hydrogen) atoms. The molecule has 0 saturated heterocycles. The Morgan fingerprint density at radius 1 is 1.14 bits per heavy atom. The van der Waals surface area contributed by atoms with Crippen LogP contribution in [0.4, 0.5) is 0 Å². The second kappa shape index (κ2) is 12.3. The summed E-state index contributed by atoms with van der Waals surface area (Å²) in [5.41, 5.74) is 0.916. The number of fused-ring (bicyclic) bond motifs is 1. The van der Waals surface area contributed by atoms with Crippen LogP contribution >= 0.6 is 0 Å². The van der Waals surface area contributed by atoms with Crippen molar-refractivity contribution in [2.24, 2.45) is 23.7 Å². The van der Waals surface area contributed by atoms with Gasteiger partial charge >= 0.3 is 11.9 Å². The summed E-state index contributed by atoms with van der Waals surface area (Å²) >= 11 is 0. The lowest BCUT2D eigenvalue weighted by Crippen LogP contribution is -2.51. The van der Waals surface area contributed by atoms with Gasteiger partial charge in [0.1, 0.15) is 11.9 Å². The zero-order chi connectivity index (χ0) is 27.2. The van der Waals surface area contributed by atoms with Gasteiger partial charge in [0, 0.05) is 12.0 Å². The Balaban J connectivity index is 2.14. The van der Waals surface area contributed by atoms with E-state index in [1.807, 2.05) is 19.9 Å². The van der Waals surface area contributed by atoms with Crippen molar-refractivity contribution in [3.63, 3.8) is 0 Å². The molecule has 7 nitrogen and oxygen atoms in total. The molecular weight excluding hydrogens is 460 g/mol. The van der Waals surface area contributed by atoms with Gasteiger partial charge in [-0.1, -0.05) is 61.1 Å². The first-order chi connectivity index (χ1) is 16.7. The Labute approximate surface area is 213 Å². The maximum absolute atomic E-state index is 13.1. The Morgan fingerprint density at radius 3 is 2.39 bits per heavy atom. The number of carboxylic acid groups (broad SMARTS) is 1. The Hall–Kier alpha value is -3.03. The number of ether oxygens (including phenoxy) is 1. The molecule has 0 saturated carbocycles. The summed E-state index contributed by atoms with van der Waals surface area (Å²) in [5.74, 6) is -3.65. The molecule has 0 spiro atoms. The highest BCUT2D eigenvalue weighted by molar-refractivity contribution is 5.82. The minimum atomic E-state index is -1.34. The van der Waals surface area contributed by atoms with Crippen LogP contribution in [0.15, 0.2) is 71.4 Å². The highest BCUT2D eigenvalue weighted by Gasteiger charge is 2.49. The third kappa shape index (κ3) is 7.48. The van der Waals surface area contributed by atoms with Crippen molar-refractivity contribution in [2.45, 2.75) is 65.8 Å². The lowest BCUT2D eigenvalue weighted by atomic mass is 9.64. The number of carbonyl (C=O) groups excluding carboxylic acids is 2. The average Bonchev–Trinajstić information content (AvgIpc) is 2.77.